The van der Waals surface area contributed by atoms with E-state index < -0.39 is 0 Å². The lowest BCUT2D eigenvalue weighted by atomic mass is 10.1. The van der Waals surface area contributed by atoms with E-state index in [1.165, 1.54) is 24.5 Å². The number of aryl methyl sites for hydroxylation is 1. The minimum absolute atomic E-state index is 0.146. The minimum atomic E-state index is -0.371. The Bertz CT molecular complexity index is 760. The van der Waals surface area contributed by atoms with Gasteiger partial charge < -0.3 is 10.2 Å². The molecule has 1 aromatic carbocycles. The molecule has 0 spiro atoms. The second-order valence-corrected chi connectivity index (χ2v) is 5.24. The van der Waals surface area contributed by atoms with Gasteiger partial charge in [-0.25, -0.2) is 14.4 Å². The zero-order valence-corrected chi connectivity index (χ0v) is 14.0. The number of hydrogen-bond donors (Lipinski definition) is 1. The summed E-state index contributed by atoms with van der Waals surface area (Å²) >= 11 is 0. The molecule has 2 rings (SSSR count). The maximum Gasteiger partial charge on any atom is 0.194 e. The number of benzene rings is 1. The van der Waals surface area contributed by atoms with Crippen LogP contribution in [0.25, 0.3) is 0 Å². The van der Waals surface area contributed by atoms with Gasteiger partial charge in [0, 0.05) is 26.2 Å². The lowest BCUT2D eigenvalue weighted by molar-refractivity contribution is 0.448. The third-order valence-electron chi connectivity index (χ3n) is 3.45. The molecule has 126 valence electrons. The number of nitrogens with one attached hydrogen (secondary N) is 1. The van der Waals surface area contributed by atoms with Crippen molar-refractivity contribution < 1.29 is 4.39 Å². The average molecular weight is 329 g/mol. The Morgan fingerprint density at radius 1 is 1.50 bits per heavy atom. The van der Waals surface area contributed by atoms with Gasteiger partial charge in [-0.1, -0.05) is 0 Å². The molecule has 0 bridgehead atoms. The van der Waals surface area contributed by atoms with Gasteiger partial charge in [-0.3, -0.25) is 4.68 Å². The van der Waals surface area contributed by atoms with Crippen molar-refractivity contribution in [2.45, 2.75) is 20.0 Å². The first-order valence-electron chi connectivity index (χ1n) is 7.56. The molecule has 7 nitrogen and oxygen atoms in total. The van der Waals surface area contributed by atoms with E-state index >= 15 is 0 Å². The maximum absolute atomic E-state index is 13.9. The van der Waals surface area contributed by atoms with Gasteiger partial charge in [0.1, 0.15) is 18.0 Å². The van der Waals surface area contributed by atoms with Gasteiger partial charge in [0.25, 0.3) is 0 Å². The van der Waals surface area contributed by atoms with Crippen molar-refractivity contribution in [3.05, 3.63) is 47.3 Å². The van der Waals surface area contributed by atoms with Crippen LogP contribution in [-0.2, 0) is 20.1 Å². The van der Waals surface area contributed by atoms with Crippen LogP contribution >= 0.6 is 0 Å². The van der Waals surface area contributed by atoms with Crippen LogP contribution in [0, 0.1) is 17.1 Å². The van der Waals surface area contributed by atoms with Crippen LogP contribution in [0.15, 0.2) is 29.5 Å². The smallest absolute Gasteiger partial charge is 0.194 e. The molecule has 0 amide bonds. The molecule has 0 aliphatic heterocycles. The Morgan fingerprint density at radius 2 is 2.29 bits per heavy atom. The number of guanidine groups is 1. The lowest BCUT2D eigenvalue weighted by Crippen LogP contribution is -2.39. The van der Waals surface area contributed by atoms with Gasteiger partial charge in [0.2, 0.25) is 0 Å². The summed E-state index contributed by atoms with van der Waals surface area (Å²) in [5, 5.41) is 16.1. The van der Waals surface area contributed by atoms with E-state index in [0.29, 0.717) is 30.2 Å². The first-order valence-corrected chi connectivity index (χ1v) is 7.56. The van der Waals surface area contributed by atoms with Crippen LogP contribution in [0.5, 0.6) is 0 Å². The third kappa shape index (κ3) is 4.29. The highest BCUT2D eigenvalue weighted by molar-refractivity contribution is 5.79. The van der Waals surface area contributed by atoms with Crippen LogP contribution in [-0.4, -0.2) is 39.2 Å². The van der Waals surface area contributed by atoms with Crippen LogP contribution in [0.3, 0.4) is 0 Å². The summed E-state index contributed by atoms with van der Waals surface area (Å²) in [6, 6.07) is 6.27. The maximum atomic E-state index is 13.9. The molecule has 0 radical (unpaired) electrons. The highest BCUT2D eigenvalue weighted by Crippen LogP contribution is 2.11. The zero-order valence-electron chi connectivity index (χ0n) is 14.0. The van der Waals surface area contributed by atoms with Crippen molar-refractivity contribution in [3.63, 3.8) is 0 Å². The van der Waals surface area contributed by atoms with Crippen molar-refractivity contribution in [1.82, 2.24) is 25.0 Å². The highest BCUT2D eigenvalue weighted by Gasteiger charge is 2.11. The quantitative estimate of drug-likeness (QED) is 0.663. The fourth-order valence-electron chi connectivity index (χ4n) is 2.15. The predicted molar refractivity (Wildman–Crippen MR) is 88.4 cm³/mol. The van der Waals surface area contributed by atoms with Crippen molar-refractivity contribution in [1.29, 1.82) is 5.26 Å². The number of rotatable bonds is 5. The summed E-state index contributed by atoms with van der Waals surface area (Å²) in [4.78, 5) is 10.5. The van der Waals surface area contributed by atoms with E-state index in [4.69, 9.17) is 5.26 Å². The fraction of sp³-hybridized carbons (Fsp3) is 0.375. The molecule has 0 aliphatic carbocycles. The second kappa shape index (κ2) is 8.06. The Balaban J connectivity index is 2.16. The van der Waals surface area contributed by atoms with E-state index in [0.717, 1.165) is 5.82 Å². The standard InChI is InChI=1S/C16H20FN7/c1-4-19-16(23(2)10-15-21-11-22-24(15)3)20-9-13-7-12(8-18)5-6-14(13)17/h5-7,11H,4,9-10H2,1-3H3,(H,19,20). The van der Waals surface area contributed by atoms with Crippen molar-refractivity contribution in [2.24, 2.45) is 12.0 Å². The summed E-state index contributed by atoms with van der Waals surface area (Å²) in [5.74, 6) is 1.05. The Hall–Kier alpha value is -2.95. The van der Waals surface area contributed by atoms with E-state index in [2.05, 4.69) is 20.4 Å². The van der Waals surface area contributed by atoms with Gasteiger partial charge in [0.15, 0.2) is 5.96 Å². The number of nitriles is 1. The van der Waals surface area contributed by atoms with Crippen molar-refractivity contribution >= 4 is 5.96 Å². The van der Waals surface area contributed by atoms with E-state index in [1.807, 2.05) is 32.0 Å². The molecule has 2 aromatic rings. The van der Waals surface area contributed by atoms with Crippen LogP contribution < -0.4 is 5.32 Å². The van der Waals surface area contributed by atoms with Gasteiger partial charge >= 0.3 is 0 Å². The number of hydrogen-bond acceptors (Lipinski definition) is 4. The molecule has 1 N–H and O–H groups in total. The molecule has 24 heavy (non-hydrogen) atoms. The predicted octanol–water partition coefficient (Wildman–Crippen LogP) is 1.42. The number of halogens is 1. The first-order chi connectivity index (χ1) is 11.5. The number of aromatic nitrogens is 3. The molecule has 0 aliphatic rings. The van der Waals surface area contributed by atoms with Gasteiger partial charge in [-0.15, -0.1) is 0 Å². The molecule has 1 heterocycles. The fourth-order valence-corrected chi connectivity index (χ4v) is 2.15. The normalized spacial score (nSPS) is 11.2. The summed E-state index contributed by atoms with van der Waals surface area (Å²) in [5.41, 5.74) is 0.801. The van der Waals surface area contributed by atoms with Gasteiger partial charge in [-0.05, 0) is 25.1 Å². The van der Waals surface area contributed by atoms with Crippen LogP contribution in [0.4, 0.5) is 4.39 Å². The molecule has 0 fully saturated rings. The van der Waals surface area contributed by atoms with Crippen LogP contribution in [0.1, 0.15) is 23.9 Å². The number of nitrogens with zero attached hydrogens (tertiary/aromatic N) is 6. The SMILES string of the molecule is CCNC(=NCc1cc(C#N)ccc1F)N(C)Cc1ncnn1C. The Kier molecular flexibility index (Phi) is 5.84. The monoisotopic (exact) mass is 329 g/mol. The first kappa shape index (κ1) is 17.4. The largest absolute Gasteiger partial charge is 0.357 e. The second-order valence-electron chi connectivity index (χ2n) is 5.24. The minimum Gasteiger partial charge on any atom is -0.357 e. The summed E-state index contributed by atoms with van der Waals surface area (Å²) in [7, 11) is 3.70. The molecule has 0 saturated heterocycles. The highest BCUT2D eigenvalue weighted by atomic mass is 19.1. The molecule has 0 unspecified atom stereocenters. The van der Waals surface area contributed by atoms with Crippen molar-refractivity contribution in [2.75, 3.05) is 13.6 Å². The molecule has 0 saturated carbocycles. The molecule has 1 aromatic heterocycles. The summed E-state index contributed by atoms with van der Waals surface area (Å²) < 4.78 is 15.6. The van der Waals surface area contributed by atoms with Crippen molar-refractivity contribution in [3.8, 4) is 6.07 Å². The molecule has 0 atom stereocenters. The zero-order chi connectivity index (χ0) is 17.5. The third-order valence-corrected chi connectivity index (χ3v) is 3.45. The van der Waals surface area contributed by atoms with Gasteiger partial charge in [-0.2, -0.15) is 10.4 Å². The van der Waals surface area contributed by atoms with E-state index in [1.54, 1.807) is 4.68 Å². The molecule has 8 heteroatoms. The molecular formula is C16H20FN7. The molecular weight excluding hydrogens is 309 g/mol. The van der Waals surface area contributed by atoms with Crippen LogP contribution in [0.2, 0.25) is 0 Å². The average Bonchev–Trinajstić information content (AvgIpc) is 2.97. The van der Waals surface area contributed by atoms with E-state index in [9.17, 15) is 4.39 Å². The topological polar surface area (TPSA) is 82.1 Å². The summed E-state index contributed by atoms with van der Waals surface area (Å²) in [6.45, 7) is 3.31. The summed E-state index contributed by atoms with van der Waals surface area (Å²) in [6.07, 6.45) is 1.50. The van der Waals surface area contributed by atoms with E-state index in [-0.39, 0.29) is 12.4 Å². The Morgan fingerprint density at radius 3 is 2.92 bits per heavy atom. The van der Waals surface area contributed by atoms with Gasteiger partial charge in [0.05, 0.1) is 24.7 Å². The Labute approximate surface area is 140 Å². The lowest BCUT2D eigenvalue weighted by Gasteiger charge is -2.21. The number of aliphatic imine (C=N–C) groups is 1.